The average Bonchev–Trinajstić information content (AvgIpc) is 3.24. The maximum Gasteiger partial charge on any atom is 0.253 e. The molecule has 0 unspecified atom stereocenters. The Bertz CT molecular complexity index is 747. The highest BCUT2D eigenvalue weighted by Crippen LogP contribution is 2.19. The van der Waals surface area contributed by atoms with Crippen molar-refractivity contribution in [3.8, 4) is 0 Å². The molecule has 1 saturated heterocycles. The van der Waals surface area contributed by atoms with Crippen LogP contribution >= 0.6 is 0 Å². The minimum atomic E-state index is 0.0297. The van der Waals surface area contributed by atoms with Crippen molar-refractivity contribution in [3.05, 3.63) is 53.9 Å². The summed E-state index contributed by atoms with van der Waals surface area (Å²) >= 11 is 0. The first-order chi connectivity index (χ1) is 13.7. The SMILES string of the molecule is CCCCCNC(=O)C1CCN(C(=O)c2ccc(Cn3cccn3)cc2)CC1. The lowest BCUT2D eigenvalue weighted by atomic mass is 9.95. The lowest BCUT2D eigenvalue weighted by Gasteiger charge is -2.31. The van der Waals surface area contributed by atoms with Crippen molar-refractivity contribution < 1.29 is 9.59 Å². The molecule has 1 aliphatic rings. The second-order valence-corrected chi connectivity index (χ2v) is 7.47. The van der Waals surface area contributed by atoms with Gasteiger partial charge in [-0.05, 0) is 43.0 Å². The van der Waals surface area contributed by atoms with E-state index in [1.165, 1.54) is 0 Å². The normalized spacial score (nSPS) is 14.8. The van der Waals surface area contributed by atoms with Gasteiger partial charge in [0.05, 0.1) is 6.54 Å². The number of amides is 2. The number of carbonyl (C=O) groups is 2. The molecule has 1 aromatic heterocycles. The third kappa shape index (κ3) is 5.44. The Morgan fingerprint density at radius 1 is 1.14 bits per heavy atom. The number of aromatic nitrogens is 2. The minimum Gasteiger partial charge on any atom is -0.356 e. The van der Waals surface area contributed by atoms with Crippen molar-refractivity contribution in [3.63, 3.8) is 0 Å². The molecule has 3 rings (SSSR count). The van der Waals surface area contributed by atoms with Crippen LogP contribution in [0, 0.1) is 5.92 Å². The van der Waals surface area contributed by atoms with Crippen LogP contribution in [0.1, 0.15) is 54.9 Å². The van der Waals surface area contributed by atoms with Gasteiger partial charge in [0.25, 0.3) is 5.91 Å². The molecule has 0 saturated carbocycles. The fraction of sp³-hybridized carbons (Fsp3) is 0.500. The Morgan fingerprint density at radius 3 is 2.54 bits per heavy atom. The first kappa shape index (κ1) is 20.1. The number of hydrogen-bond donors (Lipinski definition) is 1. The molecular weight excluding hydrogens is 352 g/mol. The lowest BCUT2D eigenvalue weighted by Crippen LogP contribution is -2.43. The van der Waals surface area contributed by atoms with E-state index in [1.54, 1.807) is 6.20 Å². The highest BCUT2D eigenvalue weighted by molar-refractivity contribution is 5.94. The van der Waals surface area contributed by atoms with E-state index in [1.807, 2.05) is 46.1 Å². The predicted molar refractivity (Wildman–Crippen MR) is 109 cm³/mol. The molecular formula is C22H30N4O2. The zero-order chi connectivity index (χ0) is 19.8. The van der Waals surface area contributed by atoms with Crippen molar-refractivity contribution in [2.45, 2.75) is 45.6 Å². The quantitative estimate of drug-likeness (QED) is 0.714. The number of hydrogen-bond acceptors (Lipinski definition) is 3. The Hall–Kier alpha value is -2.63. The molecule has 28 heavy (non-hydrogen) atoms. The zero-order valence-electron chi connectivity index (χ0n) is 16.6. The summed E-state index contributed by atoms with van der Waals surface area (Å²) in [7, 11) is 0. The number of rotatable bonds is 8. The number of nitrogens with one attached hydrogen (secondary N) is 1. The minimum absolute atomic E-state index is 0.0297. The van der Waals surface area contributed by atoms with Crippen molar-refractivity contribution in [1.82, 2.24) is 20.0 Å². The van der Waals surface area contributed by atoms with Gasteiger partial charge in [0.2, 0.25) is 5.91 Å². The van der Waals surface area contributed by atoms with Crippen LogP contribution < -0.4 is 5.32 Å². The maximum absolute atomic E-state index is 12.8. The van der Waals surface area contributed by atoms with Crippen LogP contribution in [0.15, 0.2) is 42.7 Å². The summed E-state index contributed by atoms with van der Waals surface area (Å²) < 4.78 is 1.86. The van der Waals surface area contributed by atoms with Gasteiger partial charge in [-0.1, -0.05) is 31.9 Å². The van der Waals surface area contributed by atoms with Crippen molar-refractivity contribution in [2.24, 2.45) is 5.92 Å². The number of unbranched alkanes of at least 4 members (excludes halogenated alkanes) is 2. The van der Waals surface area contributed by atoms with E-state index < -0.39 is 0 Å². The van der Waals surface area contributed by atoms with Gasteiger partial charge in [-0.25, -0.2) is 0 Å². The molecule has 2 aromatic rings. The van der Waals surface area contributed by atoms with Gasteiger partial charge in [0.15, 0.2) is 0 Å². The van der Waals surface area contributed by atoms with Gasteiger partial charge >= 0.3 is 0 Å². The van der Waals surface area contributed by atoms with E-state index in [9.17, 15) is 9.59 Å². The molecule has 0 bridgehead atoms. The molecule has 1 aromatic carbocycles. The first-order valence-electron chi connectivity index (χ1n) is 10.3. The van der Waals surface area contributed by atoms with Crippen LogP contribution in [0.3, 0.4) is 0 Å². The van der Waals surface area contributed by atoms with Crippen LogP contribution in [0.5, 0.6) is 0 Å². The molecule has 1 aliphatic heterocycles. The third-order valence-corrected chi connectivity index (χ3v) is 5.34. The van der Waals surface area contributed by atoms with Crippen LogP contribution in [0.25, 0.3) is 0 Å². The van der Waals surface area contributed by atoms with Gasteiger partial charge in [0.1, 0.15) is 0 Å². The van der Waals surface area contributed by atoms with Gasteiger partial charge in [-0.15, -0.1) is 0 Å². The molecule has 0 aliphatic carbocycles. The monoisotopic (exact) mass is 382 g/mol. The summed E-state index contributed by atoms with van der Waals surface area (Å²) in [6, 6.07) is 9.62. The molecule has 6 nitrogen and oxygen atoms in total. The third-order valence-electron chi connectivity index (χ3n) is 5.34. The van der Waals surface area contributed by atoms with E-state index in [0.717, 1.165) is 44.2 Å². The summed E-state index contributed by atoms with van der Waals surface area (Å²) in [5.74, 6) is 0.223. The summed E-state index contributed by atoms with van der Waals surface area (Å²) in [4.78, 5) is 26.9. The van der Waals surface area contributed by atoms with E-state index >= 15 is 0 Å². The molecule has 6 heteroatoms. The number of piperidine rings is 1. The Morgan fingerprint density at radius 2 is 1.89 bits per heavy atom. The summed E-state index contributed by atoms with van der Waals surface area (Å²) in [5, 5.41) is 7.24. The number of likely N-dealkylation sites (tertiary alicyclic amines) is 1. The van der Waals surface area contributed by atoms with Gasteiger partial charge in [-0.2, -0.15) is 5.10 Å². The fourth-order valence-electron chi connectivity index (χ4n) is 3.59. The summed E-state index contributed by atoms with van der Waals surface area (Å²) in [5.41, 5.74) is 1.81. The van der Waals surface area contributed by atoms with E-state index in [0.29, 0.717) is 25.2 Å². The average molecular weight is 383 g/mol. The van der Waals surface area contributed by atoms with E-state index in [-0.39, 0.29) is 17.7 Å². The molecule has 1 N–H and O–H groups in total. The Labute approximate surface area is 166 Å². The molecule has 1 fully saturated rings. The highest BCUT2D eigenvalue weighted by atomic mass is 16.2. The zero-order valence-corrected chi connectivity index (χ0v) is 16.6. The maximum atomic E-state index is 12.8. The molecule has 2 amide bonds. The fourth-order valence-corrected chi connectivity index (χ4v) is 3.59. The van der Waals surface area contributed by atoms with Crippen LogP contribution in [-0.2, 0) is 11.3 Å². The van der Waals surface area contributed by atoms with Crippen LogP contribution in [-0.4, -0.2) is 46.1 Å². The number of benzene rings is 1. The second kappa shape index (κ2) is 10.1. The Kier molecular flexibility index (Phi) is 7.23. The summed E-state index contributed by atoms with van der Waals surface area (Å²) in [6.07, 6.45) is 8.49. The molecule has 150 valence electrons. The summed E-state index contributed by atoms with van der Waals surface area (Å²) in [6.45, 7) is 4.89. The standard InChI is InChI=1S/C22H30N4O2/c1-2-3-4-12-23-21(27)19-10-15-25(16-11-19)22(28)20-8-6-18(7-9-20)17-26-14-5-13-24-26/h5-9,13-14,19H,2-4,10-12,15-17H2,1H3,(H,23,27). The predicted octanol–water partition coefficient (Wildman–Crippen LogP) is 3.09. The molecule has 0 atom stereocenters. The second-order valence-electron chi connectivity index (χ2n) is 7.47. The van der Waals surface area contributed by atoms with Gasteiger partial charge in [0, 0.05) is 43.5 Å². The topological polar surface area (TPSA) is 67.2 Å². The van der Waals surface area contributed by atoms with Crippen molar-refractivity contribution >= 4 is 11.8 Å². The number of nitrogens with zero attached hydrogens (tertiary/aromatic N) is 3. The van der Waals surface area contributed by atoms with E-state index in [2.05, 4.69) is 17.3 Å². The number of carbonyl (C=O) groups excluding carboxylic acids is 2. The molecule has 0 spiro atoms. The van der Waals surface area contributed by atoms with E-state index in [4.69, 9.17) is 0 Å². The van der Waals surface area contributed by atoms with Crippen molar-refractivity contribution in [1.29, 1.82) is 0 Å². The molecule has 0 radical (unpaired) electrons. The van der Waals surface area contributed by atoms with Crippen LogP contribution in [0.2, 0.25) is 0 Å². The highest BCUT2D eigenvalue weighted by Gasteiger charge is 2.27. The Balaban J connectivity index is 1.46. The van der Waals surface area contributed by atoms with Gasteiger partial charge in [-0.3, -0.25) is 14.3 Å². The smallest absolute Gasteiger partial charge is 0.253 e. The first-order valence-corrected chi connectivity index (χ1v) is 10.3. The van der Waals surface area contributed by atoms with Gasteiger partial charge < -0.3 is 10.2 Å². The van der Waals surface area contributed by atoms with Crippen LogP contribution in [0.4, 0.5) is 0 Å². The largest absolute Gasteiger partial charge is 0.356 e. The van der Waals surface area contributed by atoms with Crippen molar-refractivity contribution in [2.75, 3.05) is 19.6 Å². The lowest BCUT2D eigenvalue weighted by molar-refractivity contribution is -0.126. The molecule has 2 heterocycles.